The second kappa shape index (κ2) is 6.49. The van der Waals surface area contributed by atoms with Crippen molar-refractivity contribution in [2.75, 3.05) is 14.2 Å². The van der Waals surface area contributed by atoms with Crippen molar-refractivity contribution in [1.82, 2.24) is 0 Å². The van der Waals surface area contributed by atoms with Crippen LogP contribution in [0.5, 0.6) is 11.5 Å². The zero-order chi connectivity index (χ0) is 14.5. The number of benzene rings is 2. The number of halogens is 1. The Morgan fingerprint density at radius 2 is 1.35 bits per heavy atom. The fourth-order valence-corrected chi connectivity index (χ4v) is 2.09. The predicted octanol–water partition coefficient (Wildman–Crippen LogP) is 4.84. The highest BCUT2D eigenvalue weighted by atomic mass is 35.5. The highest BCUT2D eigenvalue weighted by Gasteiger charge is 2.06. The maximum Gasteiger partial charge on any atom is 0.126 e. The van der Waals surface area contributed by atoms with E-state index in [0.29, 0.717) is 0 Å². The van der Waals surface area contributed by atoms with E-state index in [2.05, 4.69) is 0 Å². The van der Waals surface area contributed by atoms with Crippen LogP contribution in [0, 0.1) is 6.92 Å². The molecular formula is C17H17ClO2. The van der Waals surface area contributed by atoms with E-state index < -0.39 is 0 Å². The van der Waals surface area contributed by atoms with Gasteiger partial charge in [-0.15, -0.1) is 0 Å². The van der Waals surface area contributed by atoms with E-state index in [9.17, 15) is 0 Å². The molecule has 0 atom stereocenters. The van der Waals surface area contributed by atoms with Crippen LogP contribution >= 0.6 is 11.6 Å². The second-order valence-corrected chi connectivity index (χ2v) is 4.87. The molecule has 2 aromatic carbocycles. The molecule has 0 amide bonds. The lowest BCUT2D eigenvalue weighted by Gasteiger charge is -2.10. The first-order chi connectivity index (χ1) is 9.63. The summed E-state index contributed by atoms with van der Waals surface area (Å²) >= 11 is 5.87. The lowest BCUT2D eigenvalue weighted by molar-refractivity contribution is 0.388. The molecule has 20 heavy (non-hydrogen) atoms. The quantitative estimate of drug-likeness (QED) is 0.750. The van der Waals surface area contributed by atoms with E-state index >= 15 is 0 Å². The molecule has 0 radical (unpaired) electrons. The van der Waals surface area contributed by atoms with Crippen LogP contribution in [0.1, 0.15) is 16.7 Å². The summed E-state index contributed by atoms with van der Waals surface area (Å²) in [7, 11) is 3.32. The molecule has 0 fully saturated rings. The molecule has 0 N–H and O–H groups in total. The molecule has 2 aromatic rings. The van der Waals surface area contributed by atoms with Crippen LogP contribution < -0.4 is 9.47 Å². The van der Waals surface area contributed by atoms with Crippen LogP contribution in [0.2, 0.25) is 5.02 Å². The lowest BCUT2D eigenvalue weighted by Crippen LogP contribution is -1.93. The van der Waals surface area contributed by atoms with Gasteiger partial charge < -0.3 is 9.47 Å². The molecule has 3 heteroatoms. The summed E-state index contributed by atoms with van der Waals surface area (Å²) in [6.45, 7) is 1.98. The third kappa shape index (κ3) is 3.34. The van der Waals surface area contributed by atoms with Crippen molar-refractivity contribution in [3.8, 4) is 11.5 Å². The van der Waals surface area contributed by atoms with Crippen LogP contribution in [0.3, 0.4) is 0 Å². The van der Waals surface area contributed by atoms with E-state index in [0.717, 1.165) is 33.2 Å². The summed E-state index contributed by atoms with van der Waals surface area (Å²) < 4.78 is 10.7. The first-order valence-corrected chi connectivity index (χ1v) is 6.68. The molecule has 0 aliphatic heterocycles. The van der Waals surface area contributed by atoms with E-state index in [-0.39, 0.29) is 0 Å². The first kappa shape index (κ1) is 14.5. The SMILES string of the molecule is COc1cc(/C=C/c2ccc(Cl)cc2)cc(OC)c1C. The minimum Gasteiger partial charge on any atom is -0.496 e. The highest BCUT2D eigenvalue weighted by Crippen LogP contribution is 2.30. The third-order valence-corrected chi connectivity index (χ3v) is 3.36. The van der Waals surface area contributed by atoms with Crippen LogP contribution in [-0.4, -0.2) is 14.2 Å². The van der Waals surface area contributed by atoms with Gasteiger partial charge in [-0.1, -0.05) is 35.9 Å². The smallest absolute Gasteiger partial charge is 0.126 e. The summed E-state index contributed by atoms with van der Waals surface area (Å²) in [5.74, 6) is 1.64. The summed E-state index contributed by atoms with van der Waals surface area (Å²) in [5, 5.41) is 0.737. The number of ether oxygens (including phenoxy) is 2. The fraction of sp³-hybridized carbons (Fsp3) is 0.176. The van der Waals surface area contributed by atoms with Crippen molar-refractivity contribution in [1.29, 1.82) is 0 Å². The van der Waals surface area contributed by atoms with Gasteiger partial charge in [-0.3, -0.25) is 0 Å². The van der Waals surface area contributed by atoms with Gasteiger partial charge in [0.15, 0.2) is 0 Å². The Labute approximate surface area is 124 Å². The third-order valence-electron chi connectivity index (χ3n) is 3.11. The van der Waals surface area contributed by atoms with Gasteiger partial charge >= 0.3 is 0 Å². The normalized spacial score (nSPS) is 10.8. The van der Waals surface area contributed by atoms with Gasteiger partial charge in [0.05, 0.1) is 14.2 Å². The van der Waals surface area contributed by atoms with Crippen LogP contribution in [0.25, 0.3) is 12.2 Å². The molecule has 0 aromatic heterocycles. The number of hydrogen-bond donors (Lipinski definition) is 0. The summed E-state index contributed by atoms with van der Waals surface area (Å²) in [4.78, 5) is 0. The molecule has 2 nitrogen and oxygen atoms in total. The number of hydrogen-bond acceptors (Lipinski definition) is 2. The largest absolute Gasteiger partial charge is 0.496 e. The molecule has 0 saturated heterocycles. The molecule has 2 rings (SSSR count). The Kier molecular flexibility index (Phi) is 4.70. The van der Waals surface area contributed by atoms with Crippen molar-refractivity contribution in [3.63, 3.8) is 0 Å². The lowest BCUT2D eigenvalue weighted by atomic mass is 10.1. The number of methoxy groups -OCH3 is 2. The molecule has 104 valence electrons. The molecular weight excluding hydrogens is 272 g/mol. The van der Waals surface area contributed by atoms with E-state index in [1.807, 2.05) is 55.5 Å². The van der Waals surface area contributed by atoms with Gasteiger partial charge in [0.2, 0.25) is 0 Å². The monoisotopic (exact) mass is 288 g/mol. The van der Waals surface area contributed by atoms with E-state index in [1.54, 1.807) is 14.2 Å². The first-order valence-electron chi connectivity index (χ1n) is 6.30. The molecule has 0 aliphatic rings. The van der Waals surface area contributed by atoms with Crippen LogP contribution in [0.4, 0.5) is 0 Å². The average molecular weight is 289 g/mol. The highest BCUT2D eigenvalue weighted by molar-refractivity contribution is 6.30. The average Bonchev–Trinajstić information content (AvgIpc) is 2.47. The zero-order valence-corrected chi connectivity index (χ0v) is 12.6. The standard InChI is InChI=1S/C17H17ClO2/c1-12-16(19-2)10-14(11-17(12)20-3)5-4-13-6-8-15(18)9-7-13/h4-11H,1-3H3/b5-4+. The van der Waals surface area contributed by atoms with E-state index in [4.69, 9.17) is 21.1 Å². The summed E-state index contributed by atoms with van der Waals surface area (Å²) in [6.07, 6.45) is 4.05. The van der Waals surface area contributed by atoms with Crippen molar-refractivity contribution in [2.45, 2.75) is 6.92 Å². The Morgan fingerprint density at radius 3 is 1.85 bits per heavy atom. The molecule has 0 saturated carbocycles. The van der Waals surface area contributed by atoms with E-state index in [1.165, 1.54) is 0 Å². The second-order valence-electron chi connectivity index (χ2n) is 4.44. The molecule has 0 spiro atoms. The van der Waals surface area contributed by atoms with Crippen molar-refractivity contribution in [3.05, 3.63) is 58.1 Å². The zero-order valence-electron chi connectivity index (χ0n) is 11.8. The van der Waals surface area contributed by atoms with Crippen LogP contribution in [0.15, 0.2) is 36.4 Å². The maximum atomic E-state index is 5.87. The molecule has 0 aliphatic carbocycles. The van der Waals surface area contributed by atoms with Crippen LogP contribution in [-0.2, 0) is 0 Å². The predicted molar refractivity (Wildman–Crippen MR) is 84.7 cm³/mol. The minimum absolute atomic E-state index is 0.737. The number of rotatable bonds is 4. The Morgan fingerprint density at radius 1 is 0.850 bits per heavy atom. The van der Waals surface area contributed by atoms with Gasteiger partial charge in [0, 0.05) is 10.6 Å². The Balaban J connectivity index is 2.31. The minimum atomic E-state index is 0.737. The van der Waals surface area contributed by atoms with Crippen molar-refractivity contribution in [2.24, 2.45) is 0 Å². The topological polar surface area (TPSA) is 18.5 Å². The Bertz CT molecular complexity index is 590. The van der Waals surface area contributed by atoms with Gasteiger partial charge in [0.25, 0.3) is 0 Å². The van der Waals surface area contributed by atoms with Crippen molar-refractivity contribution >= 4 is 23.8 Å². The molecule has 0 bridgehead atoms. The fourth-order valence-electron chi connectivity index (χ4n) is 1.97. The van der Waals surface area contributed by atoms with Crippen molar-refractivity contribution < 1.29 is 9.47 Å². The van der Waals surface area contributed by atoms with Gasteiger partial charge in [-0.05, 0) is 42.3 Å². The summed E-state index contributed by atoms with van der Waals surface area (Å²) in [6, 6.07) is 11.7. The van der Waals surface area contributed by atoms with Gasteiger partial charge in [-0.25, -0.2) is 0 Å². The maximum absolute atomic E-state index is 5.87. The molecule has 0 unspecified atom stereocenters. The Hall–Kier alpha value is -1.93. The summed E-state index contributed by atoms with van der Waals surface area (Å²) in [5.41, 5.74) is 3.12. The van der Waals surface area contributed by atoms with Gasteiger partial charge in [0.1, 0.15) is 11.5 Å². The molecule has 0 heterocycles. The van der Waals surface area contributed by atoms with Gasteiger partial charge in [-0.2, -0.15) is 0 Å².